The third kappa shape index (κ3) is 6.05. The Balaban J connectivity index is 1.47. The molecule has 0 radical (unpaired) electrons. The zero-order valence-electron chi connectivity index (χ0n) is 18.7. The summed E-state index contributed by atoms with van der Waals surface area (Å²) in [4.78, 5) is 20.9. The lowest BCUT2D eigenvalue weighted by Gasteiger charge is -2.36. The molecule has 1 saturated heterocycles. The maximum Gasteiger partial charge on any atom is 0.244 e. The van der Waals surface area contributed by atoms with Gasteiger partial charge in [0.15, 0.2) is 0 Å². The highest BCUT2D eigenvalue weighted by Crippen LogP contribution is 2.17. The number of hydrogen-bond acceptors (Lipinski definition) is 5. The Hall–Kier alpha value is -3.14. The lowest BCUT2D eigenvalue weighted by atomic mass is 10.1. The molecule has 2 heterocycles. The average Bonchev–Trinajstić information content (AvgIpc) is 2.85. The van der Waals surface area contributed by atoms with E-state index in [4.69, 9.17) is 0 Å². The van der Waals surface area contributed by atoms with Gasteiger partial charge in [-0.1, -0.05) is 42.5 Å². The Morgan fingerprint density at radius 3 is 2.24 bits per heavy atom. The molecule has 3 aromatic rings. The van der Waals surface area contributed by atoms with Crippen molar-refractivity contribution in [2.24, 2.45) is 0 Å². The lowest BCUT2D eigenvalue weighted by Crippen LogP contribution is -2.55. The van der Waals surface area contributed by atoms with Crippen molar-refractivity contribution in [1.29, 1.82) is 0 Å². The van der Waals surface area contributed by atoms with E-state index >= 15 is 0 Å². The van der Waals surface area contributed by atoms with Crippen LogP contribution in [0.5, 0.6) is 0 Å². The maximum absolute atomic E-state index is 14.2. The van der Waals surface area contributed by atoms with Gasteiger partial charge < -0.3 is 4.90 Å². The summed E-state index contributed by atoms with van der Waals surface area (Å²) in [7, 11) is -4.23. The first-order valence-electron chi connectivity index (χ1n) is 11.1. The molecule has 178 valence electrons. The Labute approximate surface area is 199 Å². The molecule has 9 heteroatoms. The van der Waals surface area contributed by atoms with E-state index in [1.807, 2.05) is 42.5 Å². The van der Waals surface area contributed by atoms with E-state index in [9.17, 15) is 17.6 Å². The molecule has 2 aromatic carbocycles. The van der Waals surface area contributed by atoms with Crippen molar-refractivity contribution in [2.45, 2.75) is 23.9 Å². The summed E-state index contributed by atoms with van der Waals surface area (Å²) in [5, 5.41) is 0. The first-order valence-corrected chi connectivity index (χ1v) is 12.6. The van der Waals surface area contributed by atoms with Crippen molar-refractivity contribution >= 4 is 15.9 Å². The minimum absolute atomic E-state index is 0.171. The van der Waals surface area contributed by atoms with E-state index in [1.54, 1.807) is 17.3 Å². The number of benzene rings is 2. The maximum atomic E-state index is 14.2. The van der Waals surface area contributed by atoms with Crippen molar-refractivity contribution < 1.29 is 17.6 Å². The van der Waals surface area contributed by atoms with Gasteiger partial charge in [0.05, 0.1) is 0 Å². The minimum Gasteiger partial charge on any atom is -0.339 e. The number of piperazine rings is 1. The van der Waals surface area contributed by atoms with Gasteiger partial charge in [-0.25, -0.2) is 12.8 Å². The van der Waals surface area contributed by atoms with Crippen molar-refractivity contribution in [1.82, 2.24) is 19.5 Å². The first kappa shape index (κ1) is 24.0. The predicted molar refractivity (Wildman–Crippen MR) is 127 cm³/mol. The van der Waals surface area contributed by atoms with E-state index in [0.717, 1.165) is 23.7 Å². The molecule has 0 saturated carbocycles. The number of nitrogens with one attached hydrogen (secondary N) is 1. The molecule has 1 N–H and O–H groups in total. The van der Waals surface area contributed by atoms with Crippen LogP contribution in [0.2, 0.25) is 0 Å². The average molecular weight is 483 g/mol. The smallest absolute Gasteiger partial charge is 0.244 e. The Morgan fingerprint density at radius 1 is 0.912 bits per heavy atom. The summed E-state index contributed by atoms with van der Waals surface area (Å²) in [6, 6.07) is 17.2. The zero-order valence-corrected chi connectivity index (χ0v) is 19.5. The van der Waals surface area contributed by atoms with Crippen LogP contribution in [0.1, 0.15) is 11.1 Å². The molecule has 0 bridgehead atoms. The highest BCUT2D eigenvalue weighted by Gasteiger charge is 2.32. The number of rotatable bonds is 8. The van der Waals surface area contributed by atoms with Crippen molar-refractivity contribution in [3.8, 4) is 0 Å². The van der Waals surface area contributed by atoms with E-state index in [0.29, 0.717) is 26.2 Å². The van der Waals surface area contributed by atoms with Gasteiger partial charge in [-0.2, -0.15) is 4.72 Å². The van der Waals surface area contributed by atoms with Crippen LogP contribution >= 0.6 is 0 Å². The number of carbonyl (C=O) groups excluding carboxylic acids is 1. The zero-order chi connectivity index (χ0) is 24.0. The predicted octanol–water partition coefficient (Wildman–Crippen LogP) is 2.45. The van der Waals surface area contributed by atoms with E-state index in [1.165, 1.54) is 18.2 Å². The van der Waals surface area contributed by atoms with Crippen LogP contribution in [0.25, 0.3) is 0 Å². The molecule has 7 nitrogen and oxygen atoms in total. The number of aromatic nitrogens is 1. The van der Waals surface area contributed by atoms with Crippen LogP contribution in [-0.2, 0) is 27.8 Å². The Bertz CT molecular complexity index is 1200. The van der Waals surface area contributed by atoms with Gasteiger partial charge in [0.25, 0.3) is 0 Å². The highest BCUT2D eigenvalue weighted by molar-refractivity contribution is 7.89. The molecule has 1 aliphatic rings. The number of sulfonamides is 1. The lowest BCUT2D eigenvalue weighted by molar-refractivity contribution is -0.134. The molecule has 0 aliphatic carbocycles. The number of nitrogens with zero attached hydrogens (tertiary/aromatic N) is 3. The summed E-state index contributed by atoms with van der Waals surface area (Å²) in [6.45, 7) is 3.07. The minimum atomic E-state index is -4.23. The van der Waals surface area contributed by atoms with Crippen LogP contribution < -0.4 is 4.72 Å². The third-order valence-corrected chi connectivity index (χ3v) is 7.35. The summed E-state index contributed by atoms with van der Waals surface area (Å²) in [5.74, 6) is -1.17. The summed E-state index contributed by atoms with van der Waals surface area (Å²) < 4.78 is 42.6. The summed E-state index contributed by atoms with van der Waals surface area (Å²) in [6.07, 6.45) is 3.68. The topological polar surface area (TPSA) is 82.6 Å². The monoisotopic (exact) mass is 482 g/mol. The standard InChI is InChI=1S/C25H27FN4O3S/c26-22-8-4-5-9-24(22)34(32,33)28-23(18-20-6-2-1-3-7-20)25(31)30-16-14-29(15-17-30)19-21-10-12-27-13-11-21/h1-13,23,28H,14-19H2/t23-/m0/s1. The second-order valence-corrected chi connectivity index (χ2v) is 9.93. The van der Waals surface area contributed by atoms with Crippen molar-refractivity contribution in [3.05, 3.63) is 96.1 Å². The second kappa shape index (κ2) is 10.9. The Kier molecular flexibility index (Phi) is 7.66. The fourth-order valence-corrected chi connectivity index (χ4v) is 5.30. The van der Waals surface area contributed by atoms with Gasteiger partial charge in [-0.05, 0) is 41.8 Å². The second-order valence-electron chi connectivity index (χ2n) is 8.25. The molecule has 1 aliphatic heterocycles. The first-order chi connectivity index (χ1) is 16.4. The molecular formula is C25H27FN4O3S. The number of pyridine rings is 1. The van der Waals surface area contributed by atoms with Gasteiger partial charge in [-0.3, -0.25) is 14.7 Å². The number of hydrogen-bond donors (Lipinski definition) is 1. The third-order valence-electron chi connectivity index (χ3n) is 5.84. The number of amides is 1. The normalized spacial score (nSPS) is 15.7. The molecule has 1 amide bonds. The van der Waals surface area contributed by atoms with Gasteiger partial charge in [-0.15, -0.1) is 0 Å². The summed E-state index contributed by atoms with van der Waals surface area (Å²) in [5.41, 5.74) is 1.96. The van der Waals surface area contributed by atoms with Crippen LogP contribution in [0.3, 0.4) is 0 Å². The largest absolute Gasteiger partial charge is 0.339 e. The molecule has 34 heavy (non-hydrogen) atoms. The molecular weight excluding hydrogens is 455 g/mol. The molecule has 0 unspecified atom stereocenters. The fraction of sp³-hybridized carbons (Fsp3) is 0.280. The van der Waals surface area contributed by atoms with Gasteiger partial charge in [0.1, 0.15) is 16.8 Å². The van der Waals surface area contributed by atoms with Crippen LogP contribution in [-0.4, -0.2) is 61.3 Å². The van der Waals surface area contributed by atoms with Crippen LogP contribution in [0.15, 0.2) is 84.0 Å². The molecule has 4 rings (SSSR count). The quantitative estimate of drug-likeness (QED) is 0.533. The van der Waals surface area contributed by atoms with Crippen molar-refractivity contribution in [3.63, 3.8) is 0 Å². The fourth-order valence-electron chi connectivity index (χ4n) is 4.04. The molecule has 0 spiro atoms. The Morgan fingerprint density at radius 2 is 1.56 bits per heavy atom. The van der Waals surface area contributed by atoms with E-state index in [-0.39, 0.29) is 12.3 Å². The van der Waals surface area contributed by atoms with Gasteiger partial charge in [0.2, 0.25) is 15.9 Å². The van der Waals surface area contributed by atoms with E-state index in [2.05, 4.69) is 14.6 Å². The van der Waals surface area contributed by atoms with Gasteiger partial charge >= 0.3 is 0 Å². The van der Waals surface area contributed by atoms with Crippen LogP contribution in [0, 0.1) is 5.82 Å². The SMILES string of the molecule is O=C([C@H](Cc1ccccc1)NS(=O)(=O)c1ccccc1F)N1CCN(Cc2ccncc2)CC1. The molecule has 1 aromatic heterocycles. The molecule has 1 atom stereocenters. The van der Waals surface area contributed by atoms with Gasteiger partial charge in [0, 0.05) is 45.1 Å². The number of carbonyl (C=O) groups is 1. The summed E-state index contributed by atoms with van der Waals surface area (Å²) >= 11 is 0. The van der Waals surface area contributed by atoms with Crippen LogP contribution in [0.4, 0.5) is 4.39 Å². The van der Waals surface area contributed by atoms with Crippen molar-refractivity contribution in [2.75, 3.05) is 26.2 Å². The highest BCUT2D eigenvalue weighted by atomic mass is 32.2. The number of halogens is 1. The van der Waals surface area contributed by atoms with E-state index < -0.39 is 26.8 Å². The molecule has 1 fully saturated rings.